The van der Waals surface area contributed by atoms with Crippen LogP contribution in [-0.2, 0) is 4.79 Å². The van der Waals surface area contributed by atoms with E-state index in [0.717, 1.165) is 16.8 Å². The van der Waals surface area contributed by atoms with E-state index in [4.69, 9.17) is 11.6 Å². The van der Waals surface area contributed by atoms with Crippen LogP contribution in [0.3, 0.4) is 0 Å². The molecular formula is C21H20ClN5O. The number of benzene rings is 2. The quantitative estimate of drug-likeness (QED) is 0.677. The molecule has 1 aromatic heterocycles. The van der Waals surface area contributed by atoms with Crippen molar-refractivity contribution in [2.24, 2.45) is 0 Å². The maximum atomic E-state index is 11.8. The van der Waals surface area contributed by atoms with Crippen molar-refractivity contribution in [3.05, 3.63) is 76.3 Å². The highest BCUT2D eigenvalue weighted by molar-refractivity contribution is 6.30. The number of aryl methyl sites for hydroxylation is 1. The number of allylic oxidation sites excluding steroid dienone is 1. The first-order valence-electron chi connectivity index (χ1n) is 9.11. The molecule has 0 radical (unpaired) electrons. The summed E-state index contributed by atoms with van der Waals surface area (Å²) in [4.78, 5) is 16.2. The fraction of sp³-hybridized carbons (Fsp3) is 0.190. The summed E-state index contributed by atoms with van der Waals surface area (Å²) in [5, 5.41) is 11.2. The van der Waals surface area contributed by atoms with Crippen LogP contribution in [0.25, 0.3) is 5.70 Å². The number of hydrogen-bond donors (Lipinski definition) is 2. The predicted molar refractivity (Wildman–Crippen MR) is 111 cm³/mol. The first kappa shape index (κ1) is 18.3. The van der Waals surface area contributed by atoms with Crippen molar-refractivity contribution in [1.82, 2.24) is 14.8 Å². The summed E-state index contributed by atoms with van der Waals surface area (Å²) in [6, 6.07) is 15.8. The van der Waals surface area contributed by atoms with Crippen molar-refractivity contribution in [1.29, 1.82) is 0 Å². The molecule has 0 spiro atoms. The first-order valence-corrected chi connectivity index (χ1v) is 9.49. The lowest BCUT2D eigenvalue weighted by atomic mass is 10.0. The van der Waals surface area contributed by atoms with Crippen molar-refractivity contribution in [2.75, 3.05) is 10.6 Å². The number of carbonyl (C=O) groups is 1. The van der Waals surface area contributed by atoms with Crippen molar-refractivity contribution in [2.45, 2.75) is 26.3 Å². The first-order chi connectivity index (χ1) is 13.5. The van der Waals surface area contributed by atoms with E-state index in [1.807, 2.05) is 24.3 Å². The van der Waals surface area contributed by atoms with E-state index in [0.29, 0.717) is 17.4 Å². The van der Waals surface area contributed by atoms with Crippen LogP contribution in [0.2, 0.25) is 5.02 Å². The third-order valence-electron chi connectivity index (χ3n) is 4.61. The predicted octanol–water partition coefficient (Wildman–Crippen LogP) is 4.64. The smallest absolute Gasteiger partial charge is 0.250 e. The van der Waals surface area contributed by atoms with E-state index in [1.54, 1.807) is 11.6 Å². The van der Waals surface area contributed by atoms with E-state index in [1.165, 1.54) is 5.56 Å². The van der Waals surface area contributed by atoms with E-state index in [9.17, 15) is 4.79 Å². The van der Waals surface area contributed by atoms with Gasteiger partial charge in [-0.15, -0.1) is 5.10 Å². The number of anilines is 2. The fourth-order valence-corrected chi connectivity index (χ4v) is 3.18. The minimum absolute atomic E-state index is 0.124. The van der Waals surface area contributed by atoms with Crippen molar-refractivity contribution >= 4 is 35.1 Å². The largest absolute Gasteiger partial charge is 0.324 e. The Morgan fingerprint density at radius 1 is 1.18 bits per heavy atom. The van der Waals surface area contributed by atoms with Gasteiger partial charge in [-0.2, -0.15) is 4.98 Å². The Morgan fingerprint density at radius 2 is 1.89 bits per heavy atom. The number of nitrogens with zero attached hydrogens (tertiary/aromatic N) is 3. The van der Waals surface area contributed by atoms with Gasteiger partial charge in [0.2, 0.25) is 11.9 Å². The molecule has 4 rings (SSSR count). The summed E-state index contributed by atoms with van der Waals surface area (Å²) in [5.41, 5.74) is 4.18. The number of halogens is 1. The topological polar surface area (TPSA) is 71.8 Å². The van der Waals surface area contributed by atoms with Crippen LogP contribution in [0.5, 0.6) is 0 Å². The molecule has 1 atom stereocenters. The molecule has 0 saturated carbocycles. The summed E-state index contributed by atoms with van der Waals surface area (Å²) in [6.45, 7) is 3.85. The third kappa shape index (κ3) is 3.64. The normalized spacial score (nSPS) is 15.4. The van der Waals surface area contributed by atoms with Crippen LogP contribution >= 0.6 is 11.6 Å². The standard InChI is InChI=1S/C21H20ClN5O/c1-3-19(28)24-20-25-21-23-17(14-8-10-16(22)11-9-14)12-18(27(21)26-20)15-6-4-13(2)5-7-15/h4-12,18H,3H2,1-2H3,(H2,23,24,25,26,28). The lowest BCUT2D eigenvalue weighted by molar-refractivity contribution is -0.115. The van der Waals surface area contributed by atoms with Gasteiger partial charge >= 0.3 is 0 Å². The number of aromatic nitrogens is 3. The van der Waals surface area contributed by atoms with Crippen LogP contribution in [0.4, 0.5) is 11.9 Å². The lowest BCUT2D eigenvalue weighted by Crippen LogP contribution is -2.20. The Morgan fingerprint density at radius 3 is 2.57 bits per heavy atom. The number of fused-ring (bicyclic) bond motifs is 1. The third-order valence-corrected chi connectivity index (χ3v) is 4.86. The summed E-state index contributed by atoms with van der Waals surface area (Å²) in [7, 11) is 0. The molecule has 2 aromatic carbocycles. The van der Waals surface area contributed by atoms with Gasteiger partial charge in [0.05, 0.1) is 0 Å². The Bertz CT molecular complexity index is 1040. The zero-order valence-corrected chi connectivity index (χ0v) is 16.4. The highest BCUT2D eigenvalue weighted by atomic mass is 35.5. The lowest BCUT2D eigenvalue weighted by Gasteiger charge is -2.24. The second-order valence-corrected chi connectivity index (χ2v) is 7.11. The minimum atomic E-state index is -0.151. The molecule has 0 saturated heterocycles. The van der Waals surface area contributed by atoms with Crippen LogP contribution < -0.4 is 10.6 Å². The number of rotatable bonds is 4. The molecule has 0 aliphatic carbocycles. The summed E-state index contributed by atoms with van der Waals surface area (Å²) in [6.07, 6.45) is 2.47. The fourth-order valence-electron chi connectivity index (χ4n) is 3.06. The van der Waals surface area contributed by atoms with Gasteiger partial charge in [-0.05, 0) is 36.3 Å². The molecule has 1 aliphatic rings. The van der Waals surface area contributed by atoms with E-state index >= 15 is 0 Å². The average Bonchev–Trinajstić information content (AvgIpc) is 3.10. The molecule has 142 valence electrons. The summed E-state index contributed by atoms with van der Waals surface area (Å²) in [5.74, 6) is 0.738. The molecular weight excluding hydrogens is 374 g/mol. The molecule has 0 bridgehead atoms. The van der Waals surface area contributed by atoms with E-state index < -0.39 is 0 Å². The zero-order valence-electron chi connectivity index (χ0n) is 15.6. The SMILES string of the molecule is CCC(=O)Nc1nc2n(n1)C(c1ccc(C)cc1)C=C(c1ccc(Cl)cc1)N2. The maximum absolute atomic E-state index is 11.8. The zero-order chi connectivity index (χ0) is 19.7. The van der Waals surface area contributed by atoms with Gasteiger partial charge in [-0.1, -0.05) is 60.5 Å². The Hall–Kier alpha value is -3.12. The number of hydrogen-bond acceptors (Lipinski definition) is 4. The Balaban J connectivity index is 1.77. The molecule has 3 aromatic rings. The highest BCUT2D eigenvalue weighted by Gasteiger charge is 2.25. The maximum Gasteiger partial charge on any atom is 0.250 e. The van der Waals surface area contributed by atoms with Gasteiger partial charge in [-0.3, -0.25) is 10.1 Å². The van der Waals surface area contributed by atoms with Crippen molar-refractivity contribution in [3.8, 4) is 0 Å². The molecule has 1 unspecified atom stereocenters. The van der Waals surface area contributed by atoms with Crippen LogP contribution in [0, 0.1) is 6.92 Å². The molecule has 1 amide bonds. The number of amides is 1. The molecule has 2 heterocycles. The summed E-state index contributed by atoms with van der Waals surface area (Å²) >= 11 is 6.03. The van der Waals surface area contributed by atoms with Crippen molar-refractivity contribution < 1.29 is 4.79 Å². The van der Waals surface area contributed by atoms with Gasteiger partial charge in [0.25, 0.3) is 5.95 Å². The Kier molecular flexibility index (Phi) is 4.88. The average molecular weight is 394 g/mol. The molecule has 1 aliphatic heterocycles. The number of nitrogens with one attached hydrogen (secondary N) is 2. The Labute approximate surface area is 168 Å². The van der Waals surface area contributed by atoms with Gasteiger partial charge in [-0.25, -0.2) is 4.68 Å². The van der Waals surface area contributed by atoms with Crippen LogP contribution in [0.1, 0.15) is 36.1 Å². The van der Waals surface area contributed by atoms with Crippen LogP contribution in [0.15, 0.2) is 54.6 Å². The van der Waals surface area contributed by atoms with Gasteiger partial charge < -0.3 is 5.32 Å². The van der Waals surface area contributed by atoms with Gasteiger partial charge in [0, 0.05) is 17.1 Å². The van der Waals surface area contributed by atoms with Gasteiger partial charge in [0.15, 0.2) is 0 Å². The van der Waals surface area contributed by atoms with Gasteiger partial charge in [0.1, 0.15) is 6.04 Å². The van der Waals surface area contributed by atoms with Crippen molar-refractivity contribution in [3.63, 3.8) is 0 Å². The highest BCUT2D eigenvalue weighted by Crippen LogP contribution is 2.33. The van der Waals surface area contributed by atoms with E-state index in [2.05, 4.69) is 58.0 Å². The number of carbonyl (C=O) groups excluding carboxylic acids is 1. The molecule has 0 fully saturated rings. The second-order valence-electron chi connectivity index (χ2n) is 6.67. The van der Waals surface area contributed by atoms with E-state index in [-0.39, 0.29) is 17.9 Å². The monoisotopic (exact) mass is 393 g/mol. The summed E-state index contributed by atoms with van der Waals surface area (Å²) < 4.78 is 1.79. The molecule has 28 heavy (non-hydrogen) atoms. The van der Waals surface area contributed by atoms with Crippen LogP contribution in [-0.4, -0.2) is 20.7 Å². The minimum Gasteiger partial charge on any atom is -0.324 e. The second kappa shape index (κ2) is 7.48. The molecule has 6 nitrogen and oxygen atoms in total. The molecule has 7 heteroatoms. The molecule has 2 N–H and O–H groups in total.